The molecular formula is C10H19N5O2S. The largest absolute Gasteiger partial charge is 0.464 e. The summed E-state index contributed by atoms with van der Waals surface area (Å²) in [5.74, 6) is 0.489. The third kappa shape index (κ3) is 4.82. The SMILES string of the molecule is CCOc1nc(N)nc(NCCC(C)S(C)=O)n1. The molecule has 0 aliphatic heterocycles. The molecule has 3 N–H and O–H groups in total. The number of nitrogens with two attached hydrogens (primary N) is 1. The molecule has 18 heavy (non-hydrogen) atoms. The number of nitrogens with one attached hydrogen (secondary N) is 1. The molecule has 102 valence electrons. The second-order valence-corrected chi connectivity index (χ2v) is 5.56. The first-order chi connectivity index (χ1) is 8.52. The maximum atomic E-state index is 11.2. The van der Waals surface area contributed by atoms with Crippen molar-refractivity contribution in [3.05, 3.63) is 0 Å². The van der Waals surface area contributed by atoms with Gasteiger partial charge in [0, 0.05) is 28.9 Å². The summed E-state index contributed by atoms with van der Waals surface area (Å²) < 4.78 is 16.3. The number of hydrogen-bond acceptors (Lipinski definition) is 7. The highest BCUT2D eigenvalue weighted by atomic mass is 32.2. The van der Waals surface area contributed by atoms with Gasteiger partial charge in [0.25, 0.3) is 0 Å². The Morgan fingerprint density at radius 3 is 2.78 bits per heavy atom. The molecule has 0 radical (unpaired) electrons. The Hall–Kier alpha value is -1.44. The maximum absolute atomic E-state index is 11.2. The van der Waals surface area contributed by atoms with E-state index in [0.29, 0.717) is 19.1 Å². The minimum Gasteiger partial charge on any atom is -0.464 e. The lowest BCUT2D eigenvalue weighted by atomic mass is 10.3. The summed E-state index contributed by atoms with van der Waals surface area (Å²) in [6, 6.07) is 0.208. The van der Waals surface area contributed by atoms with Gasteiger partial charge in [-0.15, -0.1) is 0 Å². The molecule has 8 heteroatoms. The van der Waals surface area contributed by atoms with E-state index in [1.165, 1.54) is 0 Å². The first-order valence-electron chi connectivity index (χ1n) is 5.73. The van der Waals surface area contributed by atoms with E-state index >= 15 is 0 Å². The zero-order valence-electron chi connectivity index (χ0n) is 10.8. The lowest BCUT2D eigenvalue weighted by molar-refractivity contribution is 0.312. The monoisotopic (exact) mass is 273 g/mol. The Morgan fingerprint density at radius 2 is 2.17 bits per heavy atom. The average molecular weight is 273 g/mol. The van der Waals surface area contributed by atoms with Crippen molar-refractivity contribution < 1.29 is 8.95 Å². The van der Waals surface area contributed by atoms with Gasteiger partial charge >= 0.3 is 6.01 Å². The molecule has 0 aliphatic rings. The van der Waals surface area contributed by atoms with E-state index in [1.807, 2.05) is 13.8 Å². The van der Waals surface area contributed by atoms with Gasteiger partial charge in [-0.3, -0.25) is 4.21 Å². The molecule has 0 spiro atoms. The van der Waals surface area contributed by atoms with Crippen LogP contribution in [0.3, 0.4) is 0 Å². The molecule has 0 aliphatic carbocycles. The van der Waals surface area contributed by atoms with Crippen molar-refractivity contribution in [3.8, 4) is 6.01 Å². The van der Waals surface area contributed by atoms with Gasteiger partial charge in [0.2, 0.25) is 11.9 Å². The Bertz CT molecular complexity index is 415. The Balaban J connectivity index is 2.53. The molecule has 1 aromatic rings. The van der Waals surface area contributed by atoms with Crippen LogP contribution in [0, 0.1) is 0 Å². The molecule has 0 amide bonds. The minimum atomic E-state index is -0.823. The third-order valence-electron chi connectivity index (χ3n) is 2.31. The summed E-state index contributed by atoms with van der Waals surface area (Å²) in [4.78, 5) is 11.8. The van der Waals surface area contributed by atoms with Crippen molar-refractivity contribution in [2.45, 2.75) is 25.5 Å². The van der Waals surface area contributed by atoms with E-state index in [9.17, 15) is 4.21 Å². The van der Waals surface area contributed by atoms with E-state index in [-0.39, 0.29) is 17.2 Å². The topological polar surface area (TPSA) is 103 Å². The van der Waals surface area contributed by atoms with Gasteiger partial charge in [0.05, 0.1) is 6.61 Å². The van der Waals surface area contributed by atoms with Crippen LogP contribution in [0.25, 0.3) is 0 Å². The van der Waals surface area contributed by atoms with E-state index in [2.05, 4.69) is 20.3 Å². The van der Waals surface area contributed by atoms with E-state index in [4.69, 9.17) is 10.5 Å². The van der Waals surface area contributed by atoms with Crippen LogP contribution in [0.15, 0.2) is 0 Å². The van der Waals surface area contributed by atoms with Crippen LogP contribution >= 0.6 is 0 Å². The quantitative estimate of drug-likeness (QED) is 0.742. The summed E-state index contributed by atoms with van der Waals surface area (Å²) >= 11 is 0. The molecule has 0 fully saturated rings. The second-order valence-electron chi connectivity index (χ2n) is 3.76. The van der Waals surface area contributed by atoms with Gasteiger partial charge in [-0.05, 0) is 13.3 Å². The standard InChI is InChI=1S/C10H19N5O2S/c1-4-17-10-14-8(11)13-9(15-10)12-6-5-7(2)18(3)16/h7H,4-6H2,1-3H3,(H3,11,12,13,14,15). The number of nitrogens with zero attached hydrogens (tertiary/aromatic N) is 3. The van der Waals surface area contributed by atoms with Crippen LogP contribution in [0.2, 0.25) is 0 Å². The van der Waals surface area contributed by atoms with Crippen LogP contribution in [0.1, 0.15) is 20.3 Å². The van der Waals surface area contributed by atoms with Crippen LogP contribution in [0.5, 0.6) is 6.01 Å². The van der Waals surface area contributed by atoms with Crippen LogP contribution in [-0.4, -0.2) is 43.8 Å². The molecule has 1 rings (SSSR count). The van der Waals surface area contributed by atoms with Gasteiger partial charge < -0.3 is 15.8 Å². The summed E-state index contributed by atoms with van der Waals surface area (Å²) in [6.45, 7) is 4.86. The fourth-order valence-electron chi connectivity index (χ4n) is 1.20. The summed E-state index contributed by atoms with van der Waals surface area (Å²) in [6.07, 6.45) is 2.46. The molecule has 0 saturated carbocycles. The van der Waals surface area contributed by atoms with Gasteiger partial charge in [0.1, 0.15) is 0 Å². The van der Waals surface area contributed by atoms with Crippen molar-refractivity contribution >= 4 is 22.7 Å². The van der Waals surface area contributed by atoms with Crippen molar-refractivity contribution in [3.63, 3.8) is 0 Å². The van der Waals surface area contributed by atoms with Crippen LogP contribution in [-0.2, 0) is 10.8 Å². The maximum Gasteiger partial charge on any atom is 0.323 e. The zero-order chi connectivity index (χ0) is 13.5. The van der Waals surface area contributed by atoms with Crippen molar-refractivity contribution in [1.29, 1.82) is 0 Å². The van der Waals surface area contributed by atoms with Crippen molar-refractivity contribution in [2.24, 2.45) is 0 Å². The first kappa shape index (κ1) is 14.6. The first-order valence-corrected chi connectivity index (χ1v) is 7.35. The zero-order valence-corrected chi connectivity index (χ0v) is 11.7. The number of nitrogen functional groups attached to an aromatic ring is 1. The molecule has 1 aromatic heterocycles. The number of ether oxygens (including phenoxy) is 1. The summed E-state index contributed by atoms with van der Waals surface area (Å²) in [5, 5.41) is 3.14. The Kier molecular flexibility index (Phi) is 5.76. The summed E-state index contributed by atoms with van der Waals surface area (Å²) in [7, 11) is -0.823. The fourth-order valence-corrected chi connectivity index (χ4v) is 1.65. The van der Waals surface area contributed by atoms with E-state index in [1.54, 1.807) is 6.26 Å². The second kappa shape index (κ2) is 7.10. The molecular weight excluding hydrogens is 254 g/mol. The molecule has 0 bridgehead atoms. The normalized spacial score (nSPS) is 13.9. The molecule has 7 nitrogen and oxygen atoms in total. The highest BCUT2D eigenvalue weighted by molar-refractivity contribution is 7.84. The molecule has 2 unspecified atom stereocenters. The summed E-state index contributed by atoms with van der Waals surface area (Å²) in [5.41, 5.74) is 5.54. The molecule has 0 aromatic carbocycles. The van der Waals surface area contributed by atoms with E-state index in [0.717, 1.165) is 6.42 Å². The average Bonchev–Trinajstić information content (AvgIpc) is 2.28. The highest BCUT2D eigenvalue weighted by Gasteiger charge is 2.07. The third-order valence-corrected chi connectivity index (χ3v) is 3.68. The van der Waals surface area contributed by atoms with Crippen molar-refractivity contribution in [1.82, 2.24) is 15.0 Å². The fraction of sp³-hybridized carbons (Fsp3) is 0.700. The van der Waals surface area contributed by atoms with E-state index < -0.39 is 10.8 Å². The van der Waals surface area contributed by atoms with Gasteiger partial charge in [-0.1, -0.05) is 6.92 Å². The smallest absolute Gasteiger partial charge is 0.323 e. The van der Waals surface area contributed by atoms with Gasteiger partial charge in [-0.25, -0.2) is 0 Å². The number of hydrogen-bond donors (Lipinski definition) is 2. The van der Waals surface area contributed by atoms with Gasteiger partial charge in [-0.2, -0.15) is 15.0 Å². The predicted octanol–water partition coefficient (Wildman–Crippen LogP) is 0.421. The van der Waals surface area contributed by atoms with Gasteiger partial charge in [0.15, 0.2) is 0 Å². The molecule has 2 atom stereocenters. The minimum absolute atomic E-state index is 0.114. The molecule has 0 saturated heterocycles. The number of rotatable bonds is 7. The van der Waals surface area contributed by atoms with Crippen LogP contribution < -0.4 is 15.8 Å². The lowest BCUT2D eigenvalue weighted by Gasteiger charge is -2.10. The molecule has 1 heterocycles. The van der Waals surface area contributed by atoms with Crippen molar-refractivity contribution in [2.75, 3.05) is 30.5 Å². The Morgan fingerprint density at radius 1 is 1.44 bits per heavy atom. The number of aromatic nitrogens is 3. The number of anilines is 2. The highest BCUT2D eigenvalue weighted by Crippen LogP contribution is 2.09. The Labute approximate surface area is 109 Å². The lowest BCUT2D eigenvalue weighted by Crippen LogP contribution is -2.16. The predicted molar refractivity (Wildman–Crippen MR) is 72.0 cm³/mol. The van der Waals surface area contributed by atoms with Crippen LogP contribution in [0.4, 0.5) is 11.9 Å².